The lowest BCUT2D eigenvalue weighted by Crippen LogP contribution is -2.51. The van der Waals surface area contributed by atoms with Crippen LogP contribution in [0, 0.1) is 0 Å². The summed E-state index contributed by atoms with van der Waals surface area (Å²) < 4.78 is 12.9. The Balaban J connectivity index is 1.39. The van der Waals surface area contributed by atoms with Crippen molar-refractivity contribution in [3.63, 3.8) is 0 Å². The van der Waals surface area contributed by atoms with Gasteiger partial charge in [-0.2, -0.15) is 0 Å². The number of amides is 1. The van der Waals surface area contributed by atoms with E-state index in [1.54, 1.807) is 32.4 Å². The number of nitrogens with two attached hydrogens (primary N) is 1. The minimum Gasteiger partial charge on any atom is -0.497 e. The van der Waals surface area contributed by atoms with Crippen molar-refractivity contribution >= 4 is 17.3 Å². The van der Waals surface area contributed by atoms with E-state index >= 15 is 0 Å². The molecule has 160 valence electrons. The maximum absolute atomic E-state index is 13.1. The number of piperidine rings is 1. The second-order valence-electron chi connectivity index (χ2n) is 8.10. The number of carbonyl (C=O) groups is 1. The van der Waals surface area contributed by atoms with Crippen LogP contribution in [0.4, 0.5) is 11.4 Å². The Morgan fingerprint density at radius 1 is 1.06 bits per heavy atom. The molecule has 0 atom stereocenters. The number of nitrogens with one attached hydrogen (secondary N) is 1. The number of fused-ring (bicyclic) bond motifs is 4. The van der Waals surface area contributed by atoms with Crippen LogP contribution in [-0.2, 0) is 5.54 Å². The summed E-state index contributed by atoms with van der Waals surface area (Å²) in [7, 11) is 3.25. The molecule has 31 heavy (non-hydrogen) atoms. The van der Waals surface area contributed by atoms with E-state index in [0.29, 0.717) is 30.1 Å². The molecule has 3 heterocycles. The maximum atomic E-state index is 13.1. The number of nitrogens with zero attached hydrogens (tertiary/aromatic N) is 2. The third kappa shape index (κ3) is 3.08. The lowest BCUT2D eigenvalue weighted by molar-refractivity contribution is 0.0676. The summed E-state index contributed by atoms with van der Waals surface area (Å²) in [6.45, 7) is 1.31. The van der Waals surface area contributed by atoms with Gasteiger partial charge in [-0.15, -0.1) is 0 Å². The molecule has 7 nitrogen and oxygen atoms in total. The zero-order valence-corrected chi connectivity index (χ0v) is 17.7. The number of aromatic nitrogens is 1. The number of anilines is 2. The maximum Gasteiger partial charge on any atom is 0.253 e. The Morgan fingerprint density at radius 3 is 2.58 bits per heavy atom. The van der Waals surface area contributed by atoms with Gasteiger partial charge in [0.05, 0.1) is 36.8 Å². The van der Waals surface area contributed by atoms with Gasteiger partial charge in [0.15, 0.2) is 0 Å². The van der Waals surface area contributed by atoms with Crippen molar-refractivity contribution < 1.29 is 14.3 Å². The number of benzene rings is 2. The molecule has 3 aromatic rings. The summed E-state index contributed by atoms with van der Waals surface area (Å²) in [5.41, 5.74) is 10.2. The van der Waals surface area contributed by atoms with Gasteiger partial charge in [0.25, 0.3) is 5.91 Å². The van der Waals surface area contributed by atoms with Crippen LogP contribution in [0.5, 0.6) is 11.5 Å². The number of rotatable bonds is 3. The molecular weight excluding hydrogens is 392 g/mol. The van der Waals surface area contributed by atoms with E-state index in [9.17, 15) is 4.79 Å². The Labute approximate surface area is 181 Å². The van der Waals surface area contributed by atoms with Gasteiger partial charge in [-0.3, -0.25) is 4.79 Å². The average molecular weight is 418 g/mol. The van der Waals surface area contributed by atoms with Gasteiger partial charge in [0.2, 0.25) is 0 Å². The van der Waals surface area contributed by atoms with Crippen LogP contribution >= 0.6 is 0 Å². The summed E-state index contributed by atoms with van der Waals surface area (Å²) >= 11 is 0. The van der Waals surface area contributed by atoms with Gasteiger partial charge in [0, 0.05) is 36.6 Å². The molecule has 2 aliphatic heterocycles. The van der Waals surface area contributed by atoms with Crippen molar-refractivity contribution in [3.8, 4) is 17.2 Å². The Kier molecular flexibility index (Phi) is 4.54. The SMILES string of the molecule is COc1ccc2c(c1)NC1(CCN(C(=O)c3ccc(OC)c(N)c3)CC1)c1cccn1-2. The van der Waals surface area contributed by atoms with Crippen LogP contribution in [0.1, 0.15) is 28.9 Å². The molecule has 7 heteroatoms. The van der Waals surface area contributed by atoms with E-state index in [0.717, 1.165) is 30.0 Å². The van der Waals surface area contributed by atoms with Gasteiger partial charge >= 0.3 is 0 Å². The second kappa shape index (κ2) is 7.27. The first-order chi connectivity index (χ1) is 15.0. The molecule has 0 bridgehead atoms. The van der Waals surface area contributed by atoms with Crippen molar-refractivity contribution in [2.75, 3.05) is 38.4 Å². The van der Waals surface area contributed by atoms with Crippen LogP contribution in [0.25, 0.3) is 5.69 Å². The summed E-state index contributed by atoms with van der Waals surface area (Å²) in [6.07, 6.45) is 3.72. The van der Waals surface area contributed by atoms with Crippen molar-refractivity contribution in [1.82, 2.24) is 9.47 Å². The van der Waals surface area contributed by atoms with Crippen LogP contribution in [0.15, 0.2) is 54.7 Å². The van der Waals surface area contributed by atoms with Gasteiger partial charge < -0.3 is 30.0 Å². The van der Waals surface area contributed by atoms with Crippen LogP contribution in [-0.4, -0.2) is 42.7 Å². The predicted octanol–water partition coefficient (Wildman–Crippen LogP) is 3.63. The molecule has 1 amide bonds. The average Bonchev–Trinajstić information content (AvgIpc) is 3.30. The zero-order chi connectivity index (χ0) is 21.6. The topological polar surface area (TPSA) is 81.8 Å². The number of likely N-dealkylation sites (tertiary alicyclic amines) is 1. The number of methoxy groups -OCH3 is 2. The van der Waals surface area contributed by atoms with Crippen molar-refractivity contribution in [2.24, 2.45) is 0 Å². The summed E-state index contributed by atoms with van der Waals surface area (Å²) in [6, 6.07) is 15.5. The highest BCUT2D eigenvalue weighted by Crippen LogP contribution is 2.44. The van der Waals surface area contributed by atoms with E-state index < -0.39 is 0 Å². The Bertz CT molecular complexity index is 1150. The first kappa shape index (κ1) is 19.4. The predicted molar refractivity (Wildman–Crippen MR) is 120 cm³/mol. The van der Waals surface area contributed by atoms with Gasteiger partial charge in [-0.05, 0) is 55.3 Å². The van der Waals surface area contributed by atoms with Crippen LogP contribution < -0.4 is 20.5 Å². The van der Waals surface area contributed by atoms with E-state index in [2.05, 4.69) is 34.3 Å². The number of ether oxygens (including phenoxy) is 2. The standard InChI is InChI=1S/C24H26N4O3/c1-30-17-6-7-20-19(15-17)26-24(22-4-3-11-28(20)22)9-12-27(13-10-24)23(29)16-5-8-21(31-2)18(25)14-16/h3-8,11,14-15,26H,9-10,12-13,25H2,1-2H3. The zero-order valence-electron chi connectivity index (χ0n) is 17.7. The molecule has 1 aromatic heterocycles. The third-order valence-electron chi connectivity index (χ3n) is 6.46. The normalized spacial score (nSPS) is 16.3. The number of hydrogen-bond acceptors (Lipinski definition) is 5. The smallest absolute Gasteiger partial charge is 0.253 e. The molecule has 5 rings (SSSR count). The molecule has 2 aromatic carbocycles. The molecular formula is C24H26N4O3. The monoisotopic (exact) mass is 418 g/mol. The molecule has 0 saturated carbocycles. The molecule has 2 aliphatic rings. The summed E-state index contributed by atoms with van der Waals surface area (Å²) in [4.78, 5) is 15.0. The van der Waals surface area contributed by atoms with Gasteiger partial charge in [-0.1, -0.05) is 0 Å². The quantitative estimate of drug-likeness (QED) is 0.635. The number of hydrogen-bond donors (Lipinski definition) is 2. The van der Waals surface area contributed by atoms with E-state index in [1.165, 1.54) is 5.69 Å². The minimum atomic E-state index is -0.224. The van der Waals surface area contributed by atoms with Crippen molar-refractivity contribution in [3.05, 3.63) is 66.0 Å². The highest BCUT2D eigenvalue weighted by atomic mass is 16.5. The third-order valence-corrected chi connectivity index (χ3v) is 6.46. The van der Waals surface area contributed by atoms with E-state index in [-0.39, 0.29) is 11.4 Å². The largest absolute Gasteiger partial charge is 0.497 e. The van der Waals surface area contributed by atoms with Gasteiger partial charge in [-0.25, -0.2) is 0 Å². The van der Waals surface area contributed by atoms with Crippen molar-refractivity contribution in [2.45, 2.75) is 18.4 Å². The van der Waals surface area contributed by atoms with E-state index in [1.807, 2.05) is 17.0 Å². The lowest BCUT2D eigenvalue weighted by Gasteiger charge is -2.46. The second-order valence-corrected chi connectivity index (χ2v) is 8.10. The fourth-order valence-corrected chi connectivity index (χ4v) is 4.78. The number of nitrogen functional groups attached to an aromatic ring is 1. The lowest BCUT2D eigenvalue weighted by atomic mass is 9.82. The fraction of sp³-hybridized carbons (Fsp3) is 0.292. The van der Waals surface area contributed by atoms with Crippen LogP contribution in [0.3, 0.4) is 0 Å². The molecule has 0 unspecified atom stereocenters. The minimum absolute atomic E-state index is 0.00235. The molecule has 1 spiro atoms. The first-order valence-electron chi connectivity index (χ1n) is 10.4. The molecule has 1 fully saturated rings. The summed E-state index contributed by atoms with van der Waals surface area (Å²) in [5.74, 6) is 1.40. The highest BCUT2D eigenvalue weighted by molar-refractivity contribution is 5.95. The van der Waals surface area contributed by atoms with Crippen molar-refractivity contribution in [1.29, 1.82) is 0 Å². The molecule has 0 radical (unpaired) electrons. The fourth-order valence-electron chi connectivity index (χ4n) is 4.78. The Morgan fingerprint density at radius 2 is 1.87 bits per heavy atom. The Hall–Kier alpha value is -3.61. The number of carbonyl (C=O) groups excluding carboxylic acids is 1. The first-order valence-corrected chi connectivity index (χ1v) is 10.4. The highest BCUT2D eigenvalue weighted by Gasteiger charge is 2.42. The van der Waals surface area contributed by atoms with Crippen LogP contribution in [0.2, 0.25) is 0 Å². The molecule has 0 aliphatic carbocycles. The summed E-state index contributed by atoms with van der Waals surface area (Å²) in [5, 5.41) is 3.78. The van der Waals surface area contributed by atoms with Gasteiger partial charge in [0.1, 0.15) is 11.5 Å². The molecule has 3 N–H and O–H groups in total. The molecule has 1 saturated heterocycles. The van der Waals surface area contributed by atoms with E-state index in [4.69, 9.17) is 15.2 Å².